The van der Waals surface area contributed by atoms with E-state index in [1.54, 1.807) is 21.0 Å². The molecule has 5 nitrogen and oxygen atoms in total. The average molecular weight is 197 g/mol. The molecule has 5 heteroatoms. The zero-order valence-electron chi connectivity index (χ0n) is 8.92. The van der Waals surface area contributed by atoms with E-state index in [4.69, 9.17) is 4.52 Å². The number of carbonyl (C=O) groups is 1. The molecule has 1 aromatic heterocycles. The van der Waals surface area contributed by atoms with Crippen molar-refractivity contribution in [1.29, 1.82) is 0 Å². The fraction of sp³-hybridized carbons (Fsp3) is 0.556. The van der Waals surface area contributed by atoms with Crippen molar-refractivity contribution in [2.45, 2.75) is 13.5 Å². The van der Waals surface area contributed by atoms with Crippen LogP contribution in [0.5, 0.6) is 0 Å². The van der Waals surface area contributed by atoms with Crippen molar-refractivity contribution >= 4 is 5.91 Å². The van der Waals surface area contributed by atoms with Crippen molar-refractivity contribution in [3.8, 4) is 0 Å². The van der Waals surface area contributed by atoms with E-state index in [1.165, 1.54) is 4.90 Å². The predicted molar refractivity (Wildman–Crippen MR) is 52.0 cm³/mol. The molecule has 0 fully saturated rings. The highest BCUT2D eigenvalue weighted by Gasteiger charge is 2.20. The van der Waals surface area contributed by atoms with Crippen LogP contribution < -0.4 is 5.32 Å². The van der Waals surface area contributed by atoms with E-state index in [-0.39, 0.29) is 5.91 Å². The molecule has 0 unspecified atom stereocenters. The van der Waals surface area contributed by atoms with Crippen LogP contribution in [-0.2, 0) is 6.54 Å². The van der Waals surface area contributed by atoms with Crippen LogP contribution in [0, 0.1) is 6.92 Å². The van der Waals surface area contributed by atoms with Gasteiger partial charge in [0.1, 0.15) is 5.76 Å². The first-order chi connectivity index (χ1) is 6.57. The molecule has 0 saturated heterocycles. The van der Waals surface area contributed by atoms with Gasteiger partial charge in [0.2, 0.25) is 0 Å². The summed E-state index contributed by atoms with van der Waals surface area (Å²) in [5, 5.41) is 6.72. The second-order valence-electron chi connectivity index (χ2n) is 3.30. The smallest absolute Gasteiger partial charge is 0.275 e. The molecule has 0 aliphatic carbocycles. The van der Waals surface area contributed by atoms with Crippen molar-refractivity contribution in [2.75, 3.05) is 21.1 Å². The monoisotopic (exact) mass is 197 g/mol. The first-order valence-electron chi connectivity index (χ1n) is 4.39. The maximum atomic E-state index is 11.6. The predicted octanol–water partition coefficient (Wildman–Crippen LogP) is 0.404. The van der Waals surface area contributed by atoms with Gasteiger partial charge in [0.05, 0.1) is 0 Å². The van der Waals surface area contributed by atoms with Crippen LogP contribution in [0.1, 0.15) is 21.8 Å². The fourth-order valence-electron chi connectivity index (χ4n) is 1.16. The largest absolute Gasteiger partial charge is 0.361 e. The number of aryl methyl sites for hydroxylation is 1. The summed E-state index contributed by atoms with van der Waals surface area (Å²) >= 11 is 0. The molecule has 14 heavy (non-hydrogen) atoms. The topological polar surface area (TPSA) is 58.4 Å². The summed E-state index contributed by atoms with van der Waals surface area (Å²) in [5.41, 5.74) is 1.22. The summed E-state index contributed by atoms with van der Waals surface area (Å²) in [6.07, 6.45) is 0. The molecular weight excluding hydrogens is 182 g/mol. The van der Waals surface area contributed by atoms with Gasteiger partial charge in [-0.25, -0.2) is 0 Å². The number of nitrogens with one attached hydrogen (secondary N) is 1. The van der Waals surface area contributed by atoms with Crippen molar-refractivity contribution in [3.05, 3.63) is 17.0 Å². The van der Waals surface area contributed by atoms with Crippen molar-refractivity contribution in [1.82, 2.24) is 15.4 Å². The number of aromatic nitrogens is 1. The van der Waals surface area contributed by atoms with E-state index in [0.29, 0.717) is 18.0 Å². The summed E-state index contributed by atoms with van der Waals surface area (Å²) in [4.78, 5) is 13.1. The Labute approximate surface area is 83.1 Å². The molecule has 0 saturated carbocycles. The number of amides is 1. The fourth-order valence-corrected chi connectivity index (χ4v) is 1.16. The lowest BCUT2D eigenvalue weighted by atomic mass is 10.2. The molecule has 1 rings (SSSR count). The van der Waals surface area contributed by atoms with Crippen LogP contribution in [0.4, 0.5) is 0 Å². The van der Waals surface area contributed by atoms with Gasteiger partial charge in [-0.15, -0.1) is 0 Å². The highest BCUT2D eigenvalue weighted by molar-refractivity contribution is 5.93. The zero-order chi connectivity index (χ0) is 10.7. The molecule has 1 N–H and O–H groups in total. The third-order valence-corrected chi connectivity index (χ3v) is 1.95. The molecule has 0 radical (unpaired) electrons. The standard InChI is InChI=1S/C9H15N3O2/c1-6-7(5-10-2)8(11-14-6)9(13)12(3)4/h10H,5H2,1-4H3. The molecule has 0 aromatic carbocycles. The van der Waals surface area contributed by atoms with Crippen LogP contribution in [0.15, 0.2) is 4.52 Å². The average Bonchev–Trinajstić information content (AvgIpc) is 2.48. The van der Waals surface area contributed by atoms with Gasteiger partial charge in [0, 0.05) is 26.2 Å². The molecule has 1 heterocycles. The van der Waals surface area contributed by atoms with Gasteiger partial charge in [0.25, 0.3) is 5.91 Å². The van der Waals surface area contributed by atoms with Crippen molar-refractivity contribution in [3.63, 3.8) is 0 Å². The molecule has 0 aliphatic rings. The molecule has 78 valence electrons. The van der Waals surface area contributed by atoms with E-state index < -0.39 is 0 Å². The maximum Gasteiger partial charge on any atom is 0.275 e. The summed E-state index contributed by atoms with van der Waals surface area (Å²) in [6.45, 7) is 2.39. The van der Waals surface area contributed by atoms with Crippen LogP contribution in [0.2, 0.25) is 0 Å². The van der Waals surface area contributed by atoms with Crippen LogP contribution in [0.25, 0.3) is 0 Å². The van der Waals surface area contributed by atoms with Gasteiger partial charge in [-0.2, -0.15) is 0 Å². The van der Waals surface area contributed by atoms with E-state index in [9.17, 15) is 4.79 Å². The molecular formula is C9H15N3O2. The van der Waals surface area contributed by atoms with E-state index in [2.05, 4.69) is 10.5 Å². The number of rotatable bonds is 3. The summed E-state index contributed by atoms with van der Waals surface area (Å²) in [6, 6.07) is 0. The van der Waals surface area contributed by atoms with Gasteiger partial charge >= 0.3 is 0 Å². The summed E-state index contributed by atoms with van der Waals surface area (Å²) < 4.78 is 4.98. The highest BCUT2D eigenvalue weighted by atomic mass is 16.5. The summed E-state index contributed by atoms with van der Waals surface area (Å²) in [5.74, 6) is 0.552. The van der Waals surface area contributed by atoms with E-state index >= 15 is 0 Å². The van der Waals surface area contributed by atoms with Gasteiger partial charge in [-0.1, -0.05) is 5.16 Å². The van der Waals surface area contributed by atoms with Gasteiger partial charge in [0.15, 0.2) is 5.69 Å². The summed E-state index contributed by atoms with van der Waals surface area (Å²) in [7, 11) is 5.20. The Morgan fingerprint density at radius 2 is 2.21 bits per heavy atom. The minimum Gasteiger partial charge on any atom is -0.361 e. The van der Waals surface area contributed by atoms with Gasteiger partial charge < -0.3 is 14.7 Å². The first-order valence-corrected chi connectivity index (χ1v) is 4.39. The van der Waals surface area contributed by atoms with Crippen molar-refractivity contribution in [2.24, 2.45) is 0 Å². The normalized spacial score (nSPS) is 10.3. The number of nitrogens with zero attached hydrogens (tertiary/aromatic N) is 2. The lowest BCUT2D eigenvalue weighted by molar-refractivity contribution is 0.0816. The van der Waals surface area contributed by atoms with Crippen LogP contribution in [-0.4, -0.2) is 37.1 Å². The lowest BCUT2D eigenvalue weighted by Crippen LogP contribution is -2.24. The SMILES string of the molecule is CNCc1c(C(=O)N(C)C)noc1C. The Hall–Kier alpha value is -1.36. The molecule has 0 bridgehead atoms. The van der Waals surface area contributed by atoms with Gasteiger partial charge in [-0.05, 0) is 14.0 Å². The molecule has 1 amide bonds. The second kappa shape index (κ2) is 4.23. The van der Waals surface area contributed by atoms with Gasteiger partial charge in [-0.3, -0.25) is 4.79 Å². The minimum atomic E-state index is -0.132. The number of carbonyl (C=O) groups excluding carboxylic acids is 1. The third kappa shape index (κ3) is 1.93. The molecule has 0 spiro atoms. The van der Waals surface area contributed by atoms with E-state index in [1.807, 2.05) is 7.05 Å². The van der Waals surface area contributed by atoms with Crippen molar-refractivity contribution < 1.29 is 9.32 Å². The van der Waals surface area contributed by atoms with Crippen LogP contribution in [0.3, 0.4) is 0 Å². The lowest BCUT2D eigenvalue weighted by Gasteiger charge is -2.08. The Kier molecular flexibility index (Phi) is 3.24. The Bertz CT molecular complexity index is 331. The maximum absolute atomic E-state index is 11.6. The second-order valence-corrected chi connectivity index (χ2v) is 3.30. The molecule has 0 aliphatic heterocycles. The Balaban J connectivity index is 3.02. The first kappa shape index (κ1) is 10.7. The number of hydrogen-bond acceptors (Lipinski definition) is 4. The number of hydrogen-bond donors (Lipinski definition) is 1. The molecule has 1 aromatic rings. The Morgan fingerprint density at radius 3 is 2.71 bits per heavy atom. The van der Waals surface area contributed by atoms with Crippen LogP contribution >= 0.6 is 0 Å². The van der Waals surface area contributed by atoms with E-state index in [0.717, 1.165) is 5.56 Å². The quantitative estimate of drug-likeness (QED) is 0.762. The highest BCUT2D eigenvalue weighted by Crippen LogP contribution is 2.14. The zero-order valence-corrected chi connectivity index (χ0v) is 8.92. The minimum absolute atomic E-state index is 0.132. The third-order valence-electron chi connectivity index (χ3n) is 1.95. The Morgan fingerprint density at radius 1 is 1.57 bits per heavy atom. The molecule has 0 atom stereocenters.